The van der Waals surface area contributed by atoms with Crippen LogP contribution in [0.3, 0.4) is 0 Å². The number of amides is 1. The maximum atomic E-state index is 13.5. The van der Waals surface area contributed by atoms with Gasteiger partial charge < -0.3 is 25.0 Å². The molecule has 204 valence electrons. The summed E-state index contributed by atoms with van der Waals surface area (Å²) in [7, 11) is -3.48. The Bertz CT molecular complexity index is 1370. The molecule has 2 aromatic heterocycles. The van der Waals surface area contributed by atoms with Crippen molar-refractivity contribution in [2.24, 2.45) is 0 Å². The van der Waals surface area contributed by atoms with Gasteiger partial charge in [0.25, 0.3) is 5.91 Å². The van der Waals surface area contributed by atoms with Gasteiger partial charge in [-0.2, -0.15) is 0 Å². The second kappa shape index (κ2) is 11.2. The van der Waals surface area contributed by atoms with Gasteiger partial charge in [-0.3, -0.25) is 9.52 Å². The van der Waals surface area contributed by atoms with Crippen LogP contribution in [0.25, 0.3) is 10.9 Å². The number of rotatable bonds is 9. The molecule has 2 aliphatic rings. The van der Waals surface area contributed by atoms with E-state index in [2.05, 4.69) is 43.7 Å². The summed E-state index contributed by atoms with van der Waals surface area (Å²) in [5, 5.41) is 4.16. The number of sulfonamides is 1. The van der Waals surface area contributed by atoms with Crippen LogP contribution >= 0.6 is 0 Å². The first kappa shape index (κ1) is 26.3. The lowest BCUT2D eigenvalue weighted by atomic mass is 10.1. The average molecular weight is 540 g/mol. The molecule has 1 amide bonds. The smallest absolute Gasteiger partial charge is 0.256 e. The number of aromatic amines is 1. The Morgan fingerprint density at radius 1 is 1.08 bits per heavy atom. The summed E-state index contributed by atoms with van der Waals surface area (Å²) in [5.74, 6) is 0.896. The van der Waals surface area contributed by atoms with Crippen LogP contribution in [0.15, 0.2) is 42.7 Å². The lowest BCUT2D eigenvalue weighted by Gasteiger charge is -2.36. The number of benzene rings is 1. The van der Waals surface area contributed by atoms with E-state index in [1.165, 1.54) is 0 Å². The Balaban J connectivity index is 1.25. The van der Waals surface area contributed by atoms with Crippen molar-refractivity contribution in [3.05, 3.63) is 48.3 Å². The zero-order valence-electron chi connectivity index (χ0n) is 22.1. The molecule has 2 fully saturated rings. The number of pyridine rings is 1. The molecule has 5 rings (SSSR count). The van der Waals surface area contributed by atoms with E-state index in [9.17, 15) is 13.2 Å². The lowest BCUT2D eigenvalue weighted by molar-refractivity contribution is 0.0748. The van der Waals surface area contributed by atoms with E-state index in [0.29, 0.717) is 55.4 Å². The van der Waals surface area contributed by atoms with Gasteiger partial charge in [-0.15, -0.1) is 0 Å². The maximum absolute atomic E-state index is 13.5. The van der Waals surface area contributed by atoms with Crippen molar-refractivity contribution in [2.45, 2.75) is 32.7 Å². The molecular weight excluding hydrogens is 502 g/mol. The molecule has 0 atom stereocenters. The molecule has 0 saturated carbocycles. The standard InChI is InChI=1S/C27H37N7O3S/c1-20(2)30-25-6-5-9-28-26(25)33-12-14-34(15-13-33)27(35)23-19-29-24-8-7-21(18-22(23)24)31-38(36,37)17-16-32-10-3-4-11-32/h5-9,18-20,29-31H,3-4,10-17H2,1-2H3. The van der Waals surface area contributed by atoms with Crippen molar-refractivity contribution in [2.75, 3.05) is 66.5 Å². The van der Waals surface area contributed by atoms with Crippen molar-refractivity contribution in [1.82, 2.24) is 19.8 Å². The van der Waals surface area contributed by atoms with Gasteiger partial charge in [0.2, 0.25) is 10.0 Å². The third-order valence-corrected chi connectivity index (χ3v) is 8.42. The molecule has 1 aromatic carbocycles. The minimum absolute atomic E-state index is 0.0545. The lowest BCUT2D eigenvalue weighted by Crippen LogP contribution is -2.49. The largest absolute Gasteiger partial charge is 0.380 e. The first-order valence-electron chi connectivity index (χ1n) is 13.4. The van der Waals surface area contributed by atoms with Gasteiger partial charge in [0, 0.05) is 67.7 Å². The highest BCUT2D eigenvalue weighted by molar-refractivity contribution is 7.92. The normalized spacial score (nSPS) is 16.9. The number of piperazine rings is 1. The van der Waals surface area contributed by atoms with Crippen molar-refractivity contribution in [3.8, 4) is 0 Å². The third-order valence-electron chi connectivity index (χ3n) is 7.16. The monoisotopic (exact) mass is 539 g/mol. The fourth-order valence-electron chi connectivity index (χ4n) is 5.21. The van der Waals surface area contributed by atoms with Crippen LogP contribution in [0.4, 0.5) is 17.2 Å². The highest BCUT2D eigenvalue weighted by atomic mass is 32.2. The van der Waals surface area contributed by atoms with Crippen LogP contribution in [0.1, 0.15) is 37.0 Å². The van der Waals surface area contributed by atoms with Crippen LogP contribution in [0.5, 0.6) is 0 Å². The summed E-state index contributed by atoms with van der Waals surface area (Å²) in [4.78, 5) is 27.5. The number of H-pyrrole nitrogens is 1. The molecule has 38 heavy (non-hydrogen) atoms. The Hall–Kier alpha value is -3.31. The minimum Gasteiger partial charge on any atom is -0.380 e. The molecule has 0 aliphatic carbocycles. The molecule has 0 unspecified atom stereocenters. The zero-order chi connectivity index (χ0) is 26.7. The highest BCUT2D eigenvalue weighted by Crippen LogP contribution is 2.27. The molecule has 11 heteroatoms. The molecule has 0 radical (unpaired) electrons. The van der Waals surface area contributed by atoms with Crippen LogP contribution in [0, 0.1) is 0 Å². The maximum Gasteiger partial charge on any atom is 0.256 e. The topological polar surface area (TPSA) is 114 Å². The Kier molecular flexibility index (Phi) is 7.75. The molecule has 0 bridgehead atoms. The van der Waals surface area contributed by atoms with E-state index in [4.69, 9.17) is 0 Å². The Morgan fingerprint density at radius 3 is 2.58 bits per heavy atom. The van der Waals surface area contributed by atoms with Gasteiger partial charge in [-0.1, -0.05) is 0 Å². The number of aromatic nitrogens is 2. The van der Waals surface area contributed by atoms with E-state index in [1.54, 1.807) is 24.5 Å². The van der Waals surface area contributed by atoms with Gasteiger partial charge in [0.1, 0.15) is 0 Å². The van der Waals surface area contributed by atoms with E-state index < -0.39 is 10.0 Å². The molecule has 2 aliphatic heterocycles. The number of likely N-dealkylation sites (tertiary alicyclic amines) is 1. The molecule has 2 saturated heterocycles. The van der Waals surface area contributed by atoms with E-state index in [-0.39, 0.29) is 11.7 Å². The summed E-state index contributed by atoms with van der Waals surface area (Å²) in [6.07, 6.45) is 5.77. The zero-order valence-corrected chi connectivity index (χ0v) is 22.9. The number of hydrogen-bond donors (Lipinski definition) is 3. The van der Waals surface area contributed by atoms with E-state index >= 15 is 0 Å². The second-order valence-corrected chi connectivity index (χ2v) is 12.2. The van der Waals surface area contributed by atoms with Crippen LogP contribution < -0.4 is 14.9 Å². The molecule has 3 N–H and O–H groups in total. The van der Waals surface area contributed by atoms with Crippen LogP contribution in [-0.4, -0.2) is 91.7 Å². The molecule has 4 heterocycles. The first-order valence-corrected chi connectivity index (χ1v) is 15.0. The van der Waals surface area contributed by atoms with Crippen molar-refractivity contribution in [1.29, 1.82) is 0 Å². The fraction of sp³-hybridized carbons (Fsp3) is 0.481. The number of nitrogens with zero attached hydrogens (tertiary/aromatic N) is 4. The number of anilines is 3. The summed E-state index contributed by atoms with van der Waals surface area (Å²) < 4.78 is 28.1. The summed E-state index contributed by atoms with van der Waals surface area (Å²) in [6, 6.07) is 9.54. The van der Waals surface area contributed by atoms with Gasteiger partial charge in [-0.05, 0) is 70.1 Å². The molecule has 10 nitrogen and oxygen atoms in total. The van der Waals surface area contributed by atoms with Gasteiger partial charge in [0.05, 0.1) is 17.0 Å². The molecule has 3 aromatic rings. The van der Waals surface area contributed by atoms with Crippen molar-refractivity contribution in [3.63, 3.8) is 0 Å². The summed E-state index contributed by atoms with van der Waals surface area (Å²) in [5.41, 5.74) is 2.81. The van der Waals surface area contributed by atoms with Gasteiger partial charge >= 0.3 is 0 Å². The first-order chi connectivity index (χ1) is 18.3. The summed E-state index contributed by atoms with van der Waals surface area (Å²) >= 11 is 0. The van der Waals surface area contributed by atoms with Crippen LogP contribution in [0.2, 0.25) is 0 Å². The number of carbonyl (C=O) groups is 1. The van der Waals surface area contributed by atoms with Crippen molar-refractivity contribution >= 4 is 44.0 Å². The quantitative estimate of drug-likeness (QED) is 0.383. The molecular formula is C27H37N7O3S. The third kappa shape index (κ3) is 6.05. The number of fused-ring (bicyclic) bond motifs is 1. The SMILES string of the molecule is CC(C)Nc1cccnc1N1CCN(C(=O)c2c[nH]c3ccc(NS(=O)(=O)CCN4CCCC4)cc23)CC1. The molecule has 0 spiro atoms. The van der Waals surface area contributed by atoms with Gasteiger partial charge in [-0.25, -0.2) is 13.4 Å². The predicted molar refractivity (Wildman–Crippen MR) is 152 cm³/mol. The Morgan fingerprint density at radius 2 is 1.84 bits per heavy atom. The van der Waals surface area contributed by atoms with Crippen LogP contribution in [-0.2, 0) is 10.0 Å². The average Bonchev–Trinajstić information content (AvgIpc) is 3.57. The highest BCUT2D eigenvalue weighted by Gasteiger charge is 2.26. The summed E-state index contributed by atoms with van der Waals surface area (Å²) in [6.45, 7) is 9.16. The number of hydrogen-bond acceptors (Lipinski definition) is 7. The fourth-order valence-corrected chi connectivity index (χ4v) is 6.30. The number of nitrogens with one attached hydrogen (secondary N) is 3. The Labute approximate surface area is 224 Å². The second-order valence-electron chi connectivity index (χ2n) is 10.4. The minimum atomic E-state index is -3.48. The van der Waals surface area contributed by atoms with E-state index in [0.717, 1.165) is 43.0 Å². The van der Waals surface area contributed by atoms with Gasteiger partial charge in [0.15, 0.2) is 5.82 Å². The van der Waals surface area contributed by atoms with E-state index in [1.807, 2.05) is 23.1 Å². The number of carbonyl (C=O) groups excluding carboxylic acids is 1. The predicted octanol–water partition coefficient (Wildman–Crippen LogP) is 3.18. The van der Waals surface area contributed by atoms with Crippen molar-refractivity contribution < 1.29 is 13.2 Å².